The van der Waals surface area contributed by atoms with E-state index in [9.17, 15) is 9.59 Å². The third kappa shape index (κ3) is 2.10. The Kier molecular flexibility index (Phi) is 4.42. The number of rotatable bonds is 6. The molecule has 2 rings (SSSR count). The fourth-order valence-electron chi connectivity index (χ4n) is 4.63. The Morgan fingerprint density at radius 2 is 1.17 bits per heavy atom. The normalized spacial score (nSPS) is 41.1. The third-order valence-corrected chi connectivity index (χ3v) is 6.53. The van der Waals surface area contributed by atoms with E-state index in [0.29, 0.717) is 13.2 Å². The molecule has 4 nitrogen and oxygen atoms in total. The van der Waals surface area contributed by atoms with Gasteiger partial charge in [-0.2, -0.15) is 0 Å². The monoisotopic (exact) mass is 322 g/mol. The maximum atomic E-state index is 13.0. The van der Waals surface area contributed by atoms with Crippen molar-refractivity contribution < 1.29 is 19.1 Å². The molecule has 23 heavy (non-hydrogen) atoms. The van der Waals surface area contributed by atoms with E-state index in [-0.39, 0.29) is 11.9 Å². The Morgan fingerprint density at radius 3 is 1.48 bits per heavy atom. The molecule has 0 aromatic heterocycles. The summed E-state index contributed by atoms with van der Waals surface area (Å²) in [6.45, 7) is 12.6. The summed E-state index contributed by atoms with van der Waals surface area (Å²) in [6, 6.07) is 0. The first kappa shape index (κ1) is 18.0. The molecule has 130 valence electrons. The largest absolute Gasteiger partial charge is 0.465 e. The Bertz CT molecular complexity index is 493. The molecule has 0 N–H and O–H groups in total. The van der Waals surface area contributed by atoms with Crippen LogP contribution in [-0.4, -0.2) is 25.2 Å². The summed E-state index contributed by atoms with van der Waals surface area (Å²) in [4.78, 5) is 26.0. The van der Waals surface area contributed by atoms with E-state index in [1.807, 2.05) is 27.7 Å². The van der Waals surface area contributed by atoms with Gasteiger partial charge in [-0.1, -0.05) is 39.8 Å². The first-order valence-electron chi connectivity index (χ1n) is 8.68. The van der Waals surface area contributed by atoms with E-state index >= 15 is 0 Å². The zero-order valence-corrected chi connectivity index (χ0v) is 15.3. The van der Waals surface area contributed by atoms with Crippen molar-refractivity contribution >= 4 is 11.9 Å². The fraction of sp³-hybridized carbons (Fsp3) is 0.789. The summed E-state index contributed by atoms with van der Waals surface area (Å²) in [5.74, 6) is -0.572. The molecule has 1 fully saturated rings. The van der Waals surface area contributed by atoms with Gasteiger partial charge in [-0.05, 0) is 33.1 Å². The highest BCUT2D eigenvalue weighted by Gasteiger charge is 2.78. The van der Waals surface area contributed by atoms with Crippen LogP contribution in [0.5, 0.6) is 0 Å². The van der Waals surface area contributed by atoms with Gasteiger partial charge in [0.1, 0.15) is 0 Å². The third-order valence-electron chi connectivity index (χ3n) is 6.53. The van der Waals surface area contributed by atoms with Gasteiger partial charge >= 0.3 is 11.9 Å². The lowest BCUT2D eigenvalue weighted by atomic mass is 9.52. The van der Waals surface area contributed by atoms with Crippen molar-refractivity contribution in [2.45, 2.75) is 60.8 Å². The molecule has 0 spiro atoms. The Hall–Kier alpha value is -1.32. The van der Waals surface area contributed by atoms with E-state index < -0.39 is 21.7 Å². The average molecular weight is 322 g/mol. The van der Waals surface area contributed by atoms with Gasteiger partial charge in [0.2, 0.25) is 0 Å². The van der Waals surface area contributed by atoms with E-state index in [2.05, 4.69) is 26.0 Å². The Morgan fingerprint density at radius 1 is 0.826 bits per heavy atom. The van der Waals surface area contributed by atoms with Gasteiger partial charge in [0, 0.05) is 10.8 Å². The Balaban J connectivity index is 2.50. The van der Waals surface area contributed by atoms with Crippen LogP contribution in [0, 0.1) is 21.7 Å². The molecule has 0 aliphatic heterocycles. The molecule has 0 amide bonds. The van der Waals surface area contributed by atoms with E-state index in [1.165, 1.54) is 0 Å². The first-order chi connectivity index (χ1) is 10.6. The van der Waals surface area contributed by atoms with Crippen LogP contribution in [0.1, 0.15) is 60.8 Å². The highest BCUT2D eigenvalue weighted by atomic mass is 16.5. The number of esters is 2. The van der Waals surface area contributed by atoms with Crippen LogP contribution >= 0.6 is 0 Å². The molecule has 0 aromatic rings. The van der Waals surface area contributed by atoms with Crippen molar-refractivity contribution in [3.8, 4) is 0 Å². The minimum atomic E-state index is -0.927. The standard InChI is InChI=1S/C19H30O4/c1-7-11-22-14(20)18(5)16(3)9-10-17(4,13-16)19(18,6)15(21)23-12-8-2/h9-10H,7-8,11-13H2,1-6H3. The van der Waals surface area contributed by atoms with Crippen LogP contribution in [0.2, 0.25) is 0 Å². The molecular formula is C19H30O4. The summed E-state index contributed by atoms with van der Waals surface area (Å²) >= 11 is 0. The van der Waals surface area contributed by atoms with Gasteiger partial charge < -0.3 is 9.47 Å². The van der Waals surface area contributed by atoms with Gasteiger partial charge in [-0.25, -0.2) is 0 Å². The molecule has 0 saturated heterocycles. The van der Waals surface area contributed by atoms with Gasteiger partial charge in [-0.3, -0.25) is 9.59 Å². The lowest BCUT2D eigenvalue weighted by Crippen LogP contribution is -2.58. The predicted molar refractivity (Wildman–Crippen MR) is 88.7 cm³/mol. The number of hydrogen-bond acceptors (Lipinski definition) is 4. The quantitative estimate of drug-likeness (QED) is 0.550. The molecule has 2 aliphatic rings. The van der Waals surface area contributed by atoms with Crippen molar-refractivity contribution in [3.05, 3.63) is 12.2 Å². The number of ether oxygens (including phenoxy) is 2. The predicted octanol–water partition coefficient (Wildman–Crippen LogP) is 3.89. The Labute approximate surface area is 139 Å². The minimum absolute atomic E-state index is 0.286. The summed E-state index contributed by atoms with van der Waals surface area (Å²) in [7, 11) is 0. The van der Waals surface area contributed by atoms with Crippen LogP contribution < -0.4 is 0 Å². The number of allylic oxidation sites excluding steroid dienone is 2. The number of carbonyl (C=O) groups excluding carboxylic acids is 2. The highest BCUT2D eigenvalue weighted by molar-refractivity contribution is 5.92. The van der Waals surface area contributed by atoms with Crippen molar-refractivity contribution in [1.82, 2.24) is 0 Å². The molecule has 4 unspecified atom stereocenters. The number of hydrogen-bond donors (Lipinski definition) is 0. The lowest BCUT2D eigenvalue weighted by Gasteiger charge is -2.49. The number of fused-ring (bicyclic) bond motifs is 2. The second kappa shape index (κ2) is 5.64. The average Bonchev–Trinajstić information content (AvgIpc) is 2.91. The lowest BCUT2D eigenvalue weighted by molar-refractivity contribution is -0.187. The van der Waals surface area contributed by atoms with Crippen molar-refractivity contribution in [2.24, 2.45) is 21.7 Å². The molecule has 1 saturated carbocycles. The maximum Gasteiger partial charge on any atom is 0.313 e. The molecule has 4 heteroatoms. The van der Waals surface area contributed by atoms with Crippen LogP contribution in [-0.2, 0) is 19.1 Å². The molecule has 0 radical (unpaired) electrons. The van der Waals surface area contributed by atoms with Crippen molar-refractivity contribution in [3.63, 3.8) is 0 Å². The smallest absolute Gasteiger partial charge is 0.313 e. The second-order valence-corrected chi connectivity index (χ2v) is 7.87. The first-order valence-corrected chi connectivity index (χ1v) is 8.68. The van der Waals surface area contributed by atoms with Crippen molar-refractivity contribution in [1.29, 1.82) is 0 Å². The summed E-state index contributed by atoms with van der Waals surface area (Å²) in [5, 5.41) is 0. The van der Waals surface area contributed by atoms with Crippen molar-refractivity contribution in [2.75, 3.05) is 13.2 Å². The van der Waals surface area contributed by atoms with Gasteiger partial charge in [0.25, 0.3) is 0 Å². The van der Waals surface area contributed by atoms with Gasteiger partial charge in [-0.15, -0.1) is 0 Å². The summed E-state index contributed by atoms with van der Waals surface area (Å²) < 4.78 is 11.0. The molecule has 0 heterocycles. The zero-order valence-electron chi connectivity index (χ0n) is 15.3. The summed E-state index contributed by atoms with van der Waals surface area (Å²) in [5.41, 5.74) is -2.65. The van der Waals surface area contributed by atoms with E-state index in [0.717, 1.165) is 19.3 Å². The maximum absolute atomic E-state index is 13.0. The van der Waals surface area contributed by atoms with E-state index in [4.69, 9.17) is 9.47 Å². The van der Waals surface area contributed by atoms with E-state index in [1.54, 1.807) is 0 Å². The zero-order chi connectivity index (χ0) is 17.5. The summed E-state index contributed by atoms with van der Waals surface area (Å²) in [6.07, 6.45) is 6.48. The van der Waals surface area contributed by atoms with Crippen LogP contribution in [0.3, 0.4) is 0 Å². The molecule has 2 bridgehead atoms. The topological polar surface area (TPSA) is 52.6 Å². The van der Waals surface area contributed by atoms with Crippen LogP contribution in [0.15, 0.2) is 12.2 Å². The highest BCUT2D eigenvalue weighted by Crippen LogP contribution is 2.75. The van der Waals surface area contributed by atoms with Gasteiger partial charge in [0.05, 0.1) is 24.0 Å². The molecule has 4 atom stereocenters. The molecular weight excluding hydrogens is 292 g/mol. The second-order valence-electron chi connectivity index (χ2n) is 7.87. The SMILES string of the molecule is CCCOC(=O)C1(C)C2(C)C=CC(C)(C2)C1(C)C(=O)OCCC. The number of carbonyl (C=O) groups is 2. The molecule has 2 aliphatic carbocycles. The molecule has 0 aromatic carbocycles. The minimum Gasteiger partial charge on any atom is -0.465 e. The fourth-order valence-corrected chi connectivity index (χ4v) is 4.63. The van der Waals surface area contributed by atoms with Crippen LogP contribution in [0.4, 0.5) is 0 Å². The van der Waals surface area contributed by atoms with Crippen LogP contribution in [0.25, 0.3) is 0 Å². The van der Waals surface area contributed by atoms with Gasteiger partial charge in [0.15, 0.2) is 0 Å².